The third-order valence-corrected chi connectivity index (χ3v) is 6.41. The van der Waals surface area contributed by atoms with Crippen LogP contribution < -0.4 is 10.1 Å². The van der Waals surface area contributed by atoms with Crippen molar-refractivity contribution < 1.29 is 14.3 Å². The molecule has 28 heavy (non-hydrogen) atoms. The number of carbonyl (C=O) groups is 2. The van der Waals surface area contributed by atoms with Crippen molar-refractivity contribution in [2.45, 2.75) is 40.0 Å². The summed E-state index contributed by atoms with van der Waals surface area (Å²) in [6, 6.07) is 8.83. The molecule has 0 spiro atoms. The maximum atomic E-state index is 12.3. The van der Waals surface area contributed by atoms with E-state index in [1.54, 1.807) is 24.3 Å². The number of aldehydes is 1. The first-order valence-corrected chi connectivity index (χ1v) is 10.2. The van der Waals surface area contributed by atoms with Gasteiger partial charge in [-0.15, -0.1) is 11.3 Å². The van der Waals surface area contributed by atoms with Crippen LogP contribution in [0.4, 0.5) is 5.00 Å². The first-order valence-electron chi connectivity index (χ1n) is 9.34. The lowest BCUT2D eigenvalue weighted by molar-refractivity contribution is -0.118. The molecule has 1 heterocycles. The van der Waals surface area contributed by atoms with Crippen molar-refractivity contribution in [2.75, 3.05) is 11.9 Å². The molecule has 146 valence electrons. The molecule has 0 aliphatic heterocycles. The fourth-order valence-corrected chi connectivity index (χ4v) is 4.78. The number of ether oxygens (including phenoxy) is 1. The summed E-state index contributed by atoms with van der Waals surface area (Å²) < 4.78 is 5.47. The summed E-state index contributed by atoms with van der Waals surface area (Å²) in [5.41, 5.74) is 2.46. The summed E-state index contributed by atoms with van der Waals surface area (Å²) in [5, 5.41) is 13.1. The third-order valence-electron chi connectivity index (χ3n) is 5.24. The first-order chi connectivity index (χ1) is 13.3. The number of nitrogens with one attached hydrogen (secondary N) is 1. The van der Waals surface area contributed by atoms with E-state index in [1.165, 1.54) is 16.2 Å². The van der Waals surface area contributed by atoms with E-state index in [1.807, 2.05) is 0 Å². The van der Waals surface area contributed by atoms with Crippen LogP contribution in [0.25, 0.3) is 0 Å². The minimum atomic E-state index is -0.304. The Morgan fingerprint density at radius 3 is 2.68 bits per heavy atom. The van der Waals surface area contributed by atoms with E-state index in [9.17, 15) is 14.9 Å². The van der Waals surface area contributed by atoms with E-state index in [4.69, 9.17) is 4.74 Å². The van der Waals surface area contributed by atoms with E-state index in [0.717, 1.165) is 31.1 Å². The van der Waals surface area contributed by atoms with E-state index >= 15 is 0 Å². The van der Waals surface area contributed by atoms with Crippen molar-refractivity contribution >= 4 is 28.5 Å². The Morgan fingerprint density at radius 1 is 1.36 bits per heavy atom. The Kier molecular flexibility index (Phi) is 5.85. The minimum Gasteiger partial charge on any atom is -0.484 e. The molecule has 1 aliphatic carbocycles. The number of amides is 1. The quantitative estimate of drug-likeness (QED) is 0.749. The fourth-order valence-electron chi connectivity index (χ4n) is 3.49. The zero-order chi connectivity index (χ0) is 20.3. The van der Waals surface area contributed by atoms with Crippen LogP contribution in [0.15, 0.2) is 24.3 Å². The number of hydrogen-bond acceptors (Lipinski definition) is 5. The SMILES string of the molecule is CC(C)(C)[C@@H]1CCc2c(sc(NC(=O)COc3ccc(C=O)cc3)c2C#N)C1. The van der Waals surface area contributed by atoms with Crippen molar-refractivity contribution in [1.29, 1.82) is 5.26 Å². The van der Waals surface area contributed by atoms with Crippen LogP contribution in [0.3, 0.4) is 0 Å². The summed E-state index contributed by atoms with van der Waals surface area (Å²) in [5.74, 6) is 0.785. The van der Waals surface area contributed by atoms with Gasteiger partial charge in [-0.05, 0) is 60.4 Å². The maximum absolute atomic E-state index is 12.3. The van der Waals surface area contributed by atoms with Gasteiger partial charge in [-0.2, -0.15) is 5.26 Å². The van der Waals surface area contributed by atoms with Gasteiger partial charge in [0.25, 0.3) is 5.91 Å². The van der Waals surface area contributed by atoms with E-state index in [-0.39, 0.29) is 17.9 Å². The average Bonchev–Trinajstić information content (AvgIpc) is 3.02. The molecule has 1 N–H and O–H groups in total. The summed E-state index contributed by atoms with van der Waals surface area (Å²) in [4.78, 5) is 24.2. The van der Waals surface area contributed by atoms with Crippen LogP contribution in [0.1, 0.15) is 53.6 Å². The molecule has 1 aromatic carbocycles. The van der Waals surface area contributed by atoms with Gasteiger partial charge in [0.1, 0.15) is 23.1 Å². The highest BCUT2D eigenvalue weighted by Gasteiger charge is 2.32. The van der Waals surface area contributed by atoms with Crippen molar-refractivity contribution in [3.63, 3.8) is 0 Å². The molecule has 0 fully saturated rings. The molecule has 3 rings (SSSR count). The fraction of sp³-hybridized carbons (Fsp3) is 0.409. The Labute approximate surface area is 169 Å². The molecule has 0 saturated carbocycles. The Bertz CT molecular complexity index is 917. The van der Waals surface area contributed by atoms with Gasteiger partial charge in [-0.3, -0.25) is 9.59 Å². The summed E-state index contributed by atoms with van der Waals surface area (Å²) in [6.07, 6.45) is 3.65. The van der Waals surface area contributed by atoms with Crippen LogP contribution in [0.2, 0.25) is 0 Å². The lowest BCUT2D eigenvalue weighted by atomic mass is 9.72. The highest BCUT2D eigenvalue weighted by atomic mass is 32.1. The van der Waals surface area contributed by atoms with Gasteiger partial charge in [-0.25, -0.2) is 0 Å². The van der Waals surface area contributed by atoms with E-state index < -0.39 is 0 Å². The summed E-state index contributed by atoms with van der Waals surface area (Å²) in [7, 11) is 0. The van der Waals surface area contributed by atoms with E-state index in [0.29, 0.717) is 27.8 Å². The lowest BCUT2D eigenvalue weighted by Crippen LogP contribution is -2.26. The normalized spacial score (nSPS) is 16.0. The molecule has 1 aliphatic rings. The highest BCUT2D eigenvalue weighted by molar-refractivity contribution is 7.16. The molecular formula is C22H24N2O3S. The average molecular weight is 397 g/mol. The van der Waals surface area contributed by atoms with Gasteiger partial charge >= 0.3 is 0 Å². The molecule has 0 saturated heterocycles. The van der Waals surface area contributed by atoms with Crippen LogP contribution in [0.5, 0.6) is 5.75 Å². The van der Waals surface area contributed by atoms with Crippen molar-refractivity contribution in [2.24, 2.45) is 11.3 Å². The smallest absolute Gasteiger partial charge is 0.262 e. The number of benzene rings is 1. The number of hydrogen-bond donors (Lipinski definition) is 1. The molecule has 1 amide bonds. The molecule has 5 nitrogen and oxygen atoms in total. The van der Waals surface area contributed by atoms with Gasteiger partial charge in [0.05, 0.1) is 5.56 Å². The second-order valence-corrected chi connectivity index (χ2v) is 9.25. The molecular weight excluding hydrogens is 372 g/mol. The molecule has 0 bridgehead atoms. The number of nitriles is 1. The third kappa shape index (κ3) is 4.42. The van der Waals surface area contributed by atoms with Crippen LogP contribution in [-0.4, -0.2) is 18.8 Å². The second-order valence-electron chi connectivity index (χ2n) is 8.15. The summed E-state index contributed by atoms with van der Waals surface area (Å²) >= 11 is 1.51. The van der Waals surface area contributed by atoms with Crippen LogP contribution >= 0.6 is 11.3 Å². The Balaban J connectivity index is 1.67. The van der Waals surface area contributed by atoms with Crippen LogP contribution in [0, 0.1) is 22.7 Å². The molecule has 6 heteroatoms. The molecule has 2 aromatic rings. The van der Waals surface area contributed by atoms with Crippen molar-refractivity contribution in [3.05, 3.63) is 45.8 Å². The zero-order valence-corrected chi connectivity index (χ0v) is 17.2. The van der Waals surface area contributed by atoms with Gasteiger partial charge in [0, 0.05) is 10.4 Å². The van der Waals surface area contributed by atoms with Gasteiger partial charge in [-0.1, -0.05) is 20.8 Å². The summed E-state index contributed by atoms with van der Waals surface area (Å²) in [6.45, 7) is 6.61. The van der Waals surface area contributed by atoms with Crippen LogP contribution in [-0.2, 0) is 17.6 Å². The number of fused-ring (bicyclic) bond motifs is 1. The van der Waals surface area contributed by atoms with Crippen molar-refractivity contribution in [1.82, 2.24) is 0 Å². The molecule has 1 atom stereocenters. The zero-order valence-electron chi connectivity index (χ0n) is 16.4. The second kappa shape index (κ2) is 8.15. The first kappa shape index (κ1) is 20.1. The highest BCUT2D eigenvalue weighted by Crippen LogP contribution is 2.43. The predicted octanol–water partition coefficient (Wildman–Crippen LogP) is 4.60. The monoisotopic (exact) mass is 396 g/mol. The van der Waals surface area contributed by atoms with E-state index in [2.05, 4.69) is 32.2 Å². The molecule has 0 unspecified atom stereocenters. The van der Waals surface area contributed by atoms with Gasteiger partial charge in [0.2, 0.25) is 0 Å². The maximum Gasteiger partial charge on any atom is 0.262 e. The predicted molar refractivity (Wildman–Crippen MR) is 110 cm³/mol. The minimum absolute atomic E-state index is 0.154. The standard InChI is InChI=1S/C22H24N2O3S/c1-22(2,3)15-6-9-17-18(11-23)21(28-19(17)10-15)24-20(26)13-27-16-7-4-14(12-25)5-8-16/h4-5,7-8,12,15H,6,9-10,13H2,1-3H3,(H,24,26)/t15-/m1/s1. The number of nitrogens with zero attached hydrogens (tertiary/aromatic N) is 1. The topological polar surface area (TPSA) is 79.2 Å². The lowest BCUT2D eigenvalue weighted by Gasteiger charge is -2.33. The Morgan fingerprint density at radius 2 is 2.07 bits per heavy atom. The van der Waals surface area contributed by atoms with Gasteiger partial charge in [0.15, 0.2) is 6.61 Å². The number of rotatable bonds is 5. The van der Waals surface area contributed by atoms with Gasteiger partial charge < -0.3 is 10.1 Å². The molecule has 1 aromatic heterocycles. The largest absolute Gasteiger partial charge is 0.484 e. The number of carbonyl (C=O) groups excluding carboxylic acids is 2. The number of thiophene rings is 1. The Hall–Kier alpha value is -2.65. The number of anilines is 1. The van der Waals surface area contributed by atoms with Crippen molar-refractivity contribution in [3.8, 4) is 11.8 Å². The molecule has 0 radical (unpaired) electrons.